The molecule has 8 heteroatoms. The molecule has 0 atom stereocenters. The van der Waals surface area contributed by atoms with Gasteiger partial charge in [-0.15, -0.1) is 0 Å². The lowest BCUT2D eigenvalue weighted by atomic mass is 9.63. The van der Waals surface area contributed by atoms with Gasteiger partial charge in [-0.25, -0.2) is 23.4 Å². The Morgan fingerprint density at radius 3 is 1.27 bits per heavy atom. The highest BCUT2D eigenvalue weighted by Gasteiger charge is 2.51. The molecule has 1 aliphatic heterocycles. The maximum atomic E-state index is 14.7. The smallest absolute Gasteiger partial charge is 0.207 e. The number of nitrogens with zero attached hydrogens (tertiary/aromatic N) is 5. The number of pyridine rings is 2. The van der Waals surface area contributed by atoms with Gasteiger partial charge in [0, 0.05) is 52.6 Å². The minimum absolute atomic E-state index is 0.289. The molecule has 7 nitrogen and oxygen atoms in total. The Kier molecular flexibility index (Phi) is 8.64. The van der Waals surface area contributed by atoms with Crippen LogP contribution in [-0.2, 0) is 15.3 Å². The largest absolute Gasteiger partial charge is 0.264 e. The minimum atomic E-state index is -3.88. The Labute approximate surface area is 370 Å². The summed E-state index contributed by atoms with van der Waals surface area (Å²) in [6.07, 6.45) is 7.23. The lowest BCUT2D eigenvalue weighted by Crippen LogP contribution is -2.38. The van der Waals surface area contributed by atoms with Gasteiger partial charge < -0.3 is 0 Å². The van der Waals surface area contributed by atoms with Gasteiger partial charge in [-0.3, -0.25) is 9.97 Å². The van der Waals surface area contributed by atoms with Crippen LogP contribution in [0.5, 0.6) is 0 Å². The zero-order chi connectivity index (χ0) is 42.8. The summed E-state index contributed by atoms with van der Waals surface area (Å²) in [6, 6.07) is 62.5. The molecule has 64 heavy (non-hydrogen) atoms. The molecule has 0 unspecified atom stereocenters. The van der Waals surface area contributed by atoms with Crippen LogP contribution < -0.4 is 0 Å². The summed E-state index contributed by atoms with van der Waals surface area (Å²) in [5.41, 5.74) is 12.7. The van der Waals surface area contributed by atoms with E-state index in [2.05, 4.69) is 101 Å². The topological polar surface area (TPSA) is 98.6 Å². The molecule has 4 heterocycles. The standard InChI is InChI=1S/C56H35N5O2S/c62-64(63)51-25-7-5-23-48(51)56(49-24-6-8-26-52(49)64)47-22-4-3-21-45(47)43-19-1-2-20-44(43)46-28-27-40(33-50(46)56)55-60-53(38-15-9-13-36(31-38)41-17-11-29-57-34-41)59-54(61-55)39-16-10-14-37(32-39)42-18-12-30-58-35-42/h1-35H. The van der Waals surface area contributed by atoms with Crippen LogP contribution in [0.4, 0.5) is 0 Å². The molecule has 0 saturated heterocycles. The molecule has 1 spiro atoms. The lowest BCUT2D eigenvalue weighted by molar-refractivity contribution is 0.579. The second kappa shape index (κ2) is 14.7. The molecule has 0 fully saturated rings. The summed E-state index contributed by atoms with van der Waals surface area (Å²) in [4.78, 5) is 25.0. The van der Waals surface area contributed by atoms with Crippen LogP contribution in [0, 0.1) is 0 Å². The third-order valence-corrected chi connectivity index (χ3v) is 14.4. The predicted octanol–water partition coefficient (Wildman–Crippen LogP) is 12.2. The highest BCUT2D eigenvalue weighted by molar-refractivity contribution is 7.91. The number of aromatic nitrogens is 5. The highest BCUT2D eigenvalue weighted by Crippen LogP contribution is 2.59. The van der Waals surface area contributed by atoms with E-state index >= 15 is 0 Å². The van der Waals surface area contributed by atoms with Gasteiger partial charge in [-0.2, -0.15) is 0 Å². The van der Waals surface area contributed by atoms with E-state index < -0.39 is 15.3 Å². The fourth-order valence-corrected chi connectivity index (χ4v) is 11.5. The van der Waals surface area contributed by atoms with E-state index in [1.165, 1.54) is 0 Å². The molecule has 0 radical (unpaired) electrons. The van der Waals surface area contributed by atoms with E-state index in [1.54, 1.807) is 24.5 Å². The molecular formula is C56H35N5O2S. The predicted molar refractivity (Wildman–Crippen MR) is 251 cm³/mol. The van der Waals surface area contributed by atoms with Crippen molar-refractivity contribution in [2.45, 2.75) is 15.2 Å². The summed E-state index contributed by atoms with van der Waals surface area (Å²) < 4.78 is 29.4. The number of benzene rings is 7. The summed E-state index contributed by atoms with van der Waals surface area (Å²) >= 11 is 0. The monoisotopic (exact) mass is 841 g/mol. The minimum Gasteiger partial charge on any atom is -0.264 e. The third kappa shape index (κ3) is 5.80. The summed E-state index contributed by atoms with van der Waals surface area (Å²) in [7, 11) is -3.88. The fraction of sp³-hybridized carbons (Fsp3) is 0.0179. The first-order valence-corrected chi connectivity index (χ1v) is 22.5. The van der Waals surface area contributed by atoms with E-state index in [-0.39, 0.29) is 9.79 Å². The Hall–Kier alpha value is -8.20. The summed E-state index contributed by atoms with van der Waals surface area (Å²) in [6.45, 7) is 0. The zero-order valence-corrected chi connectivity index (χ0v) is 35.0. The van der Waals surface area contributed by atoms with Crippen LogP contribution in [-0.4, -0.2) is 33.3 Å². The maximum absolute atomic E-state index is 14.7. The van der Waals surface area contributed by atoms with E-state index in [1.807, 2.05) is 97.3 Å². The number of rotatable bonds is 5. The molecule has 12 rings (SSSR count). The van der Waals surface area contributed by atoms with Crippen LogP contribution in [0.2, 0.25) is 0 Å². The Balaban J connectivity index is 1.16. The SMILES string of the molecule is O=S1(=O)c2ccccc2C2(c3ccccc3-c3ccccc3-c3ccc(-c4nc(-c5cccc(-c6cccnc6)c5)nc(-c5cccc(-c6cccnc6)c5)n4)cc32)c2ccccc21. The number of hydrogen-bond donors (Lipinski definition) is 0. The molecule has 302 valence electrons. The van der Waals surface area contributed by atoms with Gasteiger partial charge in [0.25, 0.3) is 0 Å². The molecule has 1 aliphatic carbocycles. The highest BCUT2D eigenvalue weighted by atomic mass is 32.2. The van der Waals surface area contributed by atoms with Gasteiger partial charge in [-0.1, -0.05) is 146 Å². The zero-order valence-electron chi connectivity index (χ0n) is 34.2. The third-order valence-electron chi connectivity index (χ3n) is 12.5. The van der Waals surface area contributed by atoms with Gasteiger partial charge in [0.2, 0.25) is 9.84 Å². The summed E-state index contributed by atoms with van der Waals surface area (Å²) in [5, 5.41) is 0. The van der Waals surface area contributed by atoms with E-state index in [0.29, 0.717) is 28.6 Å². The van der Waals surface area contributed by atoms with Crippen LogP contribution in [0.1, 0.15) is 22.3 Å². The van der Waals surface area contributed by atoms with Crippen molar-refractivity contribution in [1.29, 1.82) is 0 Å². The van der Waals surface area contributed by atoms with Crippen LogP contribution >= 0.6 is 0 Å². The quantitative estimate of drug-likeness (QED) is 0.170. The number of sulfone groups is 1. The Bertz CT molecular complexity index is 3440. The first-order valence-electron chi connectivity index (χ1n) is 21.0. The van der Waals surface area contributed by atoms with Crippen molar-refractivity contribution >= 4 is 9.84 Å². The van der Waals surface area contributed by atoms with Gasteiger partial charge in [0.1, 0.15) is 0 Å². The van der Waals surface area contributed by atoms with Crippen molar-refractivity contribution in [3.05, 3.63) is 235 Å². The summed E-state index contributed by atoms with van der Waals surface area (Å²) in [5.74, 6) is 1.50. The van der Waals surface area contributed by atoms with E-state index in [0.717, 1.165) is 72.3 Å². The van der Waals surface area contributed by atoms with Gasteiger partial charge in [-0.05, 0) is 98.1 Å². The van der Waals surface area contributed by atoms with Gasteiger partial charge in [0.15, 0.2) is 17.5 Å². The normalized spacial score (nSPS) is 13.7. The van der Waals surface area contributed by atoms with Crippen molar-refractivity contribution in [1.82, 2.24) is 24.9 Å². The van der Waals surface area contributed by atoms with Crippen LogP contribution in [0.15, 0.2) is 223 Å². The molecule has 10 aromatic rings. The molecule has 7 aromatic carbocycles. The van der Waals surface area contributed by atoms with Gasteiger partial charge >= 0.3 is 0 Å². The molecule has 2 aliphatic rings. The molecule has 0 amide bonds. The average Bonchev–Trinajstić information content (AvgIpc) is 3.47. The van der Waals surface area contributed by atoms with Crippen molar-refractivity contribution in [3.8, 4) is 78.7 Å². The first kappa shape index (κ1) is 37.6. The number of hydrogen-bond acceptors (Lipinski definition) is 7. The molecular weight excluding hydrogens is 807 g/mol. The van der Waals surface area contributed by atoms with Gasteiger partial charge in [0.05, 0.1) is 15.2 Å². The molecule has 0 bridgehead atoms. The van der Waals surface area contributed by atoms with Crippen LogP contribution in [0.3, 0.4) is 0 Å². The second-order valence-electron chi connectivity index (χ2n) is 16.0. The van der Waals surface area contributed by atoms with Crippen molar-refractivity contribution < 1.29 is 8.42 Å². The molecule has 0 N–H and O–H groups in total. The fourth-order valence-electron chi connectivity index (χ4n) is 9.74. The molecule has 3 aromatic heterocycles. The second-order valence-corrected chi connectivity index (χ2v) is 17.9. The average molecular weight is 842 g/mol. The van der Waals surface area contributed by atoms with E-state index in [9.17, 15) is 8.42 Å². The van der Waals surface area contributed by atoms with Crippen molar-refractivity contribution in [3.63, 3.8) is 0 Å². The molecule has 0 saturated carbocycles. The lowest BCUT2D eigenvalue weighted by Gasteiger charge is -2.42. The van der Waals surface area contributed by atoms with Crippen LogP contribution in [0.25, 0.3) is 78.7 Å². The van der Waals surface area contributed by atoms with E-state index in [4.69, 9.17) is 15.0 Å². The van der Waals surface area contributed by atoms with Crippen molar-refractivity contribution in [2.75, 3.05) is 0 Å². The van der Waals surface area contributed by atoms with Crippen molar-refractivity contribution in [2.24, 2.45) is 0 Å². The maximum Gasteiger partial charge on any atom is 0.207 e. The Morgan fingerprint density at radius 1 is 0.328 bits per heavy atom. The Morgan fingerprint density at radius 2 is 0.750 bits per heavy atom. The first-order chi connectivity index (χ1) is 31.5. The number of fused-ring (bicyclic) bond motifs is 11.